The van der Waals surface area contributed by atoms with Gasteiger partial charge in [0.25, 0.3) is 0 Å². The first-order valence-corrected chi connectivity index (χ1v) is 13.1. The van der Waals surface area contributed by atoms with Crippen LogP contribution < -0.4 is 10.7 Å². The first-order valence-electron chi connectivity index (χ1n) is 13.1. The summed E-state index contributed by atoms with van der Waals surface area (Å²) in [4.78, 5) is 23.7. The molecule has 1 aliphatic carbocycles. The average Bonchev–Trinajstić information content (AvgIpc) is 3.77. The van der Waals surface area contributed by atoms with Crippen LogP contribution >= 0.6 is 0 Å². The van der Waals surface area contributed by atoms with Gasteiger partial charge in [-0.25, -0.2) is 5.01 Å². The molecular weight excluding hydrogens is 448 g/mol. The van der Waals surface area contributed by atoms with E-state index in [0.717, 1.165) is 76.3 Å². The van der Waals surface area contributed by atoms with Crippen molar-refractivity contribution < 1.29 is 4.79 Å². The molecule has 7 heteroatoms. The van der Waals surface area contributed by atoms with Crippen LogP contribution in [-0.4, -0.2) is 44.9 Å². The van der Waals surface area contributed by atoms with Crippen LogP contribution in [0.3, 0.4) is 0 Å². The van der Waals surface area contributed by atoms with Crippen molar-refractivity contribution in [3.05, 3.63) is 95.6 Å². The van der Waals surface area contributed by atoms with Gasteiger partial charge in [0, 0.05) is 63.6 Å². The van der Waals surface area contributed by atoms with Crippen molar-refractivity contribution in [2.24, 2.45) is 5.92 Å². The van der Waals surface area contributed by atoms with E-state index < -0.39 is 0 Å². The Kier molecular flexibility index (Phi) is 8.33. The first kappa shape index (κ1) is 24.6. The molecule has 0 spiro atoms. The number of hydrazine groups is 1. The molecule has 0 unspecified atom stereocenters. The zero-order chi connectivity index (χ0) is 24.6. The minimum absolute atomic E-state index is 0.202. The lowest BCUT2D eigenvalue weighted by atomic mass is 10.0. The molecule has 1 saturated carbocycles. The quantitative estimate of drug-likeness (QED) is 0.433. The Hall–Kier alpha value is -3.13. The standard InChI is InChI=1S/C29H36N6O/c36-29(25-11-12-25)33-35-17-13-28(14-18-35)34(22-27-6-2-4-16-32-27)21-24-9-7-23(8-10-24)19-30-20-26-5-1-3-15-31-26/h1-10,15-16,25,28,30H,11-14,17-22H2,(H,33,36). The van der Waals surface area contributed by atoms with Crippen molar-refractivity contribution in [1.82, 2.24) is 30.6 Å². The summed E-state index contributed by atoms with van der Waals surface area (Å²) in [5, 5.41) is 5.59. The summed E-state index contributed by atoms with van der Waals surface area (Å²) >= 11 is 0. The van der Waals surface area contributed by atoms with Crippen LogP contribution in [0.5, 0.6) is 0 Å². The molecule has 2 fully saturated rings. The Morgan fingerprint density at radius 3 is 2.11 bits per heavy atom. The van der Waals surface area contributed by atoms with E-state index in [0.29, 0.717) is 6.04 Å². The Morgan fingerprint density at radius 2 is 1.47 bits per heavy atom. The van der Waals surface area contributed by atoms with Gasteiger partial charge in [-0.2, -0.15) is 0 Å². The van der Waals surface area contributed by atoms with Crippen molar-refractivity contribution in [2.45, 2.75) is 57.9 Å². The number of rotatable bonds is 11. The highest BCUT2D eigenvalue weighted by atomic mass is 16.2. The van der Waals surface area contributed by atoms with E-state index in [1.54, 1.807) is 0 Å². The second-order valence-corrected chi connectivity index (χ2v) is 9.94. The highest BCUT2D eigenvalue weighted by Crippen LogP contribution is 2.29. The van der Waals surface area contributed by atoms with E-state index in [1.807, 2.05) is 36.7 Å². The Morgan fingerprint density at radius 1 is 0.806 bits per heavy atom. The fourth-order valence-corrected chi connectivity index (χ4v) is 4.78. The highest BCUT2D eigenvalue weighted by molar-refractivity contribution is 5.80. The third-order valence-corrected chi connectivity index (χ3v) is 7.06. The number of nitrogens with zero attached hydrogens (tertiary/aromatic N) is 4. The molecule has 0 radical (unpaired) electrons. The summed E-state index contributed by atoms with van der Waals surface area (Å²) in [6.45, 7) is 5.08. The van der Waals surface area contributed by atoms with Gasteiger partial charge in [-0.15, -0.1) is 0 Å². The van der Waals surface area contributed by atoms with Gasteiger partial charge in [0.2, 0.25) is 5.91 Å². The van der Waals surface area contributed by atoms with Gasteiger partial charge in [-0.3, -0.25) is 25.1 Å². The van der Waals surface area contributed by atoms with E-state index in [-0.39, 0.29) is 11.8 Å². The van der Waals surface area contributed by atoms with Crippen molar-refractivity contribution in [2.75, 3.05) is 13.1 Å². The fourth-order valence-electron chi connectivity index (χ4n) is 4.78. The number of carbonyl (C=O) groups is 1. The van der Waals surface area contributed by atoms with E-state index in [1.165, 1.54) is 11.1 Å². The number of pyridine rings is 2. The number of amides is 1. The van der Waals surface area contributed by atoms with E-state index >= 15 is 0 Å². The van der Waals surface area contributed by atoms with Crippen LogP contribution in [0.1, 0.15) is 48.2 Å². The molecule has 0 bridgehead atoms. The number of hydrogen-bond donors (Lipinski definition) is 2. The minimum Gasteiger partial charge on any atom is -0.307 e. The van der Waals surface area contributed by atoms with Crippen molar-refractivity contribution in [3.8, 4) is 0 Å². The maximum atomic E-state index is 12.2. The molecule has 7 nitrogen and oxygen atoms in total. The van der Waals surface area contributed by atoms with Crippen LogP contribution in [0, 0.1) is 5.92 Å². The topological polar surface area (TPSA) is 73.4 Å². The number of aromatic nitrogens is 2. The molecule has 2 N–H and O–H groups in total. The average molecular weight is 485 g/mol. The molecule has 5 rings (SSSR count). The maximum Gasteiger partial charge on any atom is 0.237 e. The van der Waals surface area contributed by atoms with Crippen LogP contribution in [0.4, 0.5) is 0 Å². The summed E-state index contributed by atoms with van der Waals surface area (Å²) < 4.78 is 0. The van der Waals surface area contributed by atoms with Crippen molar-refractivity contribution >= 4 is 5.91 Å². The van der Waals surface area contributed by atoms with Gasteiger partial charge in [0.05, 0.1) is 11.4 Å². The van der Waals surface area contributed by atoms with Crippen LogP contribution in [0.2, 0.25) is 0 Å². The highest BCUT2D eigenvalue weighted by Gasteiger charge is 2.32. The van der Waals surface area contributed by atoms with Gasteiger partial charge < -0.3 is 5.32 Å². The Bertz CT molecular complexity index is 1080. The SMILES string of the molecule is O=C(NN1CCC(N(Cc2ccc(CNCc3ccccn3)cc2)Cc2ccccn2)CC1)C1CC1. The molecule has 3 aromatic rings. The van der Waals surface area contributed by atoms with Crippen molar-refractivity contribution in [1.29, 1.82) is 0 Å². The fraction of sp³-hybridized carbons (Fsp3) is 0.414. The molecule has 1 aliphatic heterocycles. The normalized spacial score (nSPS) is 16.8. The molecule has 188 valence electrons. The zero-order valence-corrected chi connectivity index (χ0v) is 20.9. The van der Waals surface area contributed by atoms with Gasteiger partial charge in [0.1, 0.15) is 0 Å². The van der Waals surface area contributed by atoms with Crippen LogP contribution in [0.25, 0.3) is 0 Å². The monoisotopic (exact) mass is 484 g/mol. The summed E-state index contributed by atoms with van der Waals surface area (Å²) in [6.07, 6.45) is 7.85. The molecule has 1 amide bonds. The second-order valence-electron chi connectivity index (χ2n) is 9.94. The largest absolute Gasteiger partial charge is 0.307 e. The van der Waals surface area contributed by atoms with Crippen molar-refractivity contribution in [3.63, 3.8) is 0 Å². The molecule has 0 atom stereocenters. The lowest BCUT2D eigenvalue weighted by Crippen LogP contribution is -2.51. The number of carbonyl (C=O) groups excluding carboxylic acids is 1. The lowest BCUT2D eigenvalue weighted by Gasteiger charge is -2.38. The molecule has 3 heterocycles. The second kappa shape index (κ2) is 12.2. The maximum absolute atomic E-state index is 12.2. The summed E-state index contributed by atoms with van der Waals surface area (Å²) in [7, 11) is 0. The summed E-state index contributed by atoms with van der Waals surface area (Å²) in [6, 6.07) is 21.5. The predicted molar refractivity (Wildman–Crippen MR) is 140 cm³/mol. The smallest absolute Gasteiger partial charge is 0.237 e. The van der Waals surface area contributed by atoms with E-state index in [4.69, 9.17) is 0 Å². The van der Waals surface area contributed by atoms with Gasteiger partial charge in [-0.05, 0) is 61.1 Å². The summed E-state index contributed by atoms with van der Waals surface area (Å²) in [5.41, 5.74) is 7.85. The molecular formula is C29H36N6O. The Balaban J connectivity index is 1.16. The molecule has 2 aromatic heterocycles. The third-order valence-electron chi connectivity index (χ3n) is 7.06. The predicted octanol–water partition coefficient (Wildman–Crippen LogP) is 3.67. The summed E-state index contributed by atoms with van der Waals surface area (Å²) in [5.74, 6) is 0.449. The van der Waals surface area contributed by atoms with E-state index in [2.05, 4.69) is 67.0 Å². The Labute approximate surface area is 213 Å². The van der Waals surface area contributed by atoms with Gasteiger partial charge in [0.15, 0.2) is 0 Å². The van der Waals surface area contributed by atoms with E-state index in [9.17, 15) is 4.79 Å². The molecule has 1 aromatic carbocycles. The molecule has 2 aliphatic rings. The third kappa shape index (κ3) is 7.20. The van der Waals surface area contributed by atoms with Gasteiger partial charge in [-0.1, -0.05) is 36.4 Å². The van der Waals surface area contributed by atoms with Crippen LogP contribution in [0.15, 0.2) is 73.1 Å². The first-order chi connectivity index (χ1) is 17.7. The van der Waals surface area contributed by atoms with Gasteiger partial charge >= 0.3 is 0 Å². The number of nitrogens with one attached hydrogen (secondary N) is 2. The molecule has 1 saturated heterocycles. The number of hydrogen-bond acceptors (Lipinski definition) is 6. The zero-order valence-electron chi connectivity index (χ0n) is 20.9. The molecule has 36 heavy (non-hydrogen) atoms. The minimum atomic E-state index is 0.202. The van der Waals surface area contributed by atoms with Crippen LogP contribution in [-0.2, 0) is 31.0 Å². The lowest BCUT2D eigenvalue weighted by molar-refractivity contribution is -0.128. The number of piperidine rings is 1. The number of benzene rings is 1.